The second-order valence-corrected chi connectivity index (χ2v) is 4.21. The minimum Gasteiger partial charge on any atom is -0.462 e. The molecule has 82 valence electrons. The molecule has 0 aromatic carbocycles. The van der Waals surface area contributed by atoms with Crippen LogP contribution in [0, 0.1) is 0 Å². The van der Waals surface area contributed by atoms with Crippen molar-refractivity contribution in [3.8, 4) is 0 Å². The van der Waals surface area contributed by atoms with E-state index < -0.39 is 0 Å². The van der Waals surface area contributed by atoms with E-state index in [2.05, 4.69) is 6.92 Å². The molecule has 0 saturated carbocycles. The van der Waals surface area contributed by atoms with E-state index in [-0.39, 0.29) is 12.1 Å². The third-order valence-electron chi connectivity index (χ3n) is 2.83. The molecule has 0 radical (unpaired) electrons. The van der Waals surface area contributed by atoms with Gasteiger partial charge in [-0.2, -0.15) is 0 Å². The fraction of sp³-hybridized carbons (Fsp3) is 0.917. The number of hydrogen-bond donors (Lipinski definition) is 0. The molecule has 0 aromatic heterocycles. The Bertz CT molecular complexity index is 166. The lowest BCUT2D eigenvalue weighted by Gasteiger charge is -2.21. The van der Waals surface area contributed by atoms with Crippen molar-refractivity contribution < 1.29 is 9.53 Å². The Morgan fingerprint density at radius 3 is 2.79 bits per heavy atom. The van der Waals surface area contributed by atoms with Gasteiger partial charge in [-0.1, -0.05) is 32.6 Å². The standard InChI is InChI=1S/C12H22O2/c1-2-3-4-5-6-8-11-9-7-10-12(13)14-11/h11H,2-10H2,1H3/t11-/m1/s1. The minimum atomic E-state index is 0.00908. The van der Waals surface area contributed by atoms with Crippen LogP contribution in [0.25, 0.3) is 0 Å². The number of carbonyl (C=O) groups excluding carboxylic acids is 1. The third-order valence-corrected chi connectivity index (χ3v) is 2.83. The summed E-state index contributed by atoms with van der Waals surface area (Å²) in [5.74, 6) is 0.00908. The van der Waals surface area contributed by atoms with E-state index in [1.165, 1.54) is 32.1 Å². The quantitative estimate of drug-likeness (QED) is 0.482. The zero-order valence-corrected chi connectivity index (χ0v) is 9.26. The molecule has 0 N–H and O–H groups in total. The average molecular weight is 198 g/mol. The average Bonchev–Trinajstić information content (AvgIpc) is 2.18. The van der Waals surface area contributed by atoms with Crippen molar-refractivity contribution in [2.24, 2.45) is 0 Å². The molecule has 0 aromatic rings. The summed E-state index contributed by atoms with van der Waals surface area (Å²) < 4.78 is 5.25. The summed E-state index contributed by atoms with van der Waals surface area (Å²) in [5, 5.41) is 0. The van der Waals surface area contributed by atoms with E-state index in [0.29, 0.717) is 6.42 Å². The molecule has 2 nitrogen and oxygen atoms in total. The molecule has 0 amide bonds. The molecular weight excluding hydrogens is 176 g/mol. The highest BCUT2D eigenvalue weighted by Crippen LogP contribution is 2.19. The number of carbonyl (C=O) groups is 1. The molecule has 1 aliphatic rings. The lowest BCUT2D eigenvalue weighted by atomic mass is 10.0. The second-order valence-electron chi connectivity index (χ2n) is 4.21. The van der Waals surface area contributed by atoms with Gasteiger partial charge in [-0.25, -0.2) is 0 Å². The van der Waals surface area contributed by atoms with Crippen molar-refractivity contribution in [1.82, 2.24) is 0 Å². The summed E-state index contributed by atoms with van der Waals surface area (Å²) in [5.41, 5.74) is 0. The third kappa shape index (κ3) is 4.64. The second kappa shape index (κ2) is 6.86. The number of ether oxygens (including phenoxy) is 1. The van der Waals surface area contributed by atoms with Gasteiger partial charge in [0, 0.05) is 6.42 Å². The van der Waals surface area contributed by atoms with E-state index in [0.717, 1.165) is 19.3 Å². The summed E-state index contributed by atoms with van der Waals surface area (Å²) in [6.07, 6.45) is 10.5. The van der Waals surface area contributed by atoms with Crippen LogP contribution in [0.2, 0.25) is 0 Å². The number of unbranched alkanes of at least 4 members (excludes halogenated alkanes) is 4. The van der Waals surface area contributed by atoms with Crippen molar-refractivity contribution in [1.29, 1.82) is 0 Å². The SMILES string of the molecule is CCCCCCC[C@@H]1CCCC(=O)O1. The first-order chi connectivity index (χ1) is 6.83. The molecule has 0 bridgehead atoms. The lowest BCUT2D eigenvalue weighted by Crippen LogP contribution is -2.23. The van der Waals surface area contributed by atoms with E-state index in [4.69, 9.17) is 4.74 Å². The molecule has 1 aliphatic heterocycles. The van der Waals surface area contributed by atoms with Gasteiger partial charge in [0.25, 0.3) is 0 Å². The van der Waals surface area contributed by atoms with E-state index in [1.54, 1.807) is 0 Å². The van der Waals surface area contributed by atoms with E-state index in [1.807, 2.05) is 0 Å². The maximum atomic E-state index is 11.0. The molecule has 1 atom stereocenters. The topological polar surface area (TPSA) is 26.3 Å². The Kier molecular flexibility index (Phi) is 5.65. The first kappa shape index (κ1) is 11.5. The highest BCUT2D eigenvalue weighted by atomic mass is 16.5. The Morgan fingerprint density at radius 1 is 1.29 bits per heavy atom. The van der Waals surface area contributed by atoms with Crippen molar-refractivity contribution >= 4 is 5.97 Å². The predicted molar refractivity (Wildman–Crippen MR) is 57.1 cm³/mol. The lowest BCUT2D eigenvalue weighted by molar-refractivity contribution is -0.154. The smallest absolute Gasteiger partial charge is 0.306 e. The van der Waals surface area contributed by atoms with Gasteiger partial charge in [0.2, 0.25) is 0 Å². The van der Waals surface area contributed by atoms with Gasteiger partial charge in [0.15, 0.2) is 0 Å². The van der Waals surface area contributed by atoms with Gasteiger partial charge < -0.3 is 4.74 Å². The van der Waals surface area contributed by atoms with Gasteiger partial charge in [0.05, 0.1) is 0 Å². The monoisotopic (exact) mass is 198 g/mol. The van der Waals surface area contributed by atoms with Gasteiger partial charge in [-0.3, -0.25) is 4.79 Å². The van der Waals surface area contributed by atoms with Crippen molar-refractivity contribution in [2.45, 2.75) is 70.8 Å². The molecule has 0 spiro atoms. The number of esters is 1. The zero-order chi connectivity index (χ0) is 10.2. The summed E-state index contributed by atoms with van der Waals surface area (Å²) in [7, 11) is 0. The van der Waals surface area contributed by atoms with Crippen LogP contribution >= 0.6 is 0 Å². The van der Waals surface area contributed by atoms with Crippen molar-refractivity contribution in [3.05, 3.63) is 0 Å². The zero-order valence-electron chi connectivity index (χ0n) is 9.26. The van der Waals surface area contributed by atoms with Crippen LogP contribution < -0.4 is 0 Å². The van der Waals surface area contributed by atoms with E-state index in [9.17, 15) is 4.79 Å². The van der Waals surface area contributed by atoms with Gasteiger partial charge in [-0.15, -0.1) is 0 Å². The highest BCUT2D eigenvalue weighted by Gasteiger charge is 2.19. The van der Waals surface area contributed by atoms with Gasteiger partial charge >= 0.3 is 5.97 Å². The van der Waals surface area contributed by atoms with Gasteiger partial charge in [-0.05, 0) is 25.7 Å². The molecule has 0 unspecified atom stereocenters. The maximum Gasteiger partial charge on any atom is 0.306 e. The molecule has 1 fully saturated rings. The summed E-state index contributed by atoms with van der Waals surface area (Å²) >= 11 is 0. The van der Waals surface area contributed by atoms with E-state index >= 15 is 0 Å². The van der Waals surface area contributed by atoms with Crippen LogP contribution in [0.4, 0.5) is 0 Å². The molecule has 2 heteroatoms. The van der Waals surface area contributed by atoms with Crippen LogP contribution in [-0.2, 0) is 9.53 Å². The van der Waals surface area contributed by atoms with Crippen LogP contribution in [0.5, 0.6) is 0 Å². The Morgan fingerprint density at radius 2 is 2.07 bits per heavy atom. The fourth-order valence-electron chi connectivity index (χ4n) is 1.96. The maximum absolute atomic E-state index is 11.0. The van der Waals surface area contributed by atoms with Crippen LogP contribution in [0.3, 0.4) is 0 Å². The largest absolute Gasteiger partial charge is 0.462 e. The van der Waals surface area contributed by atoms with Crippen LogP contribution in [-0.4, -0.2) is 12.1 Å². The molecule has 0 aliphatic carbocycles. The number of cyclic esters (lactones) is 1. The first-order valence-electron chi connectivity index (χ1n) is 6.02. The molecule has 1 saturated heterocycles. The molecule has 1 rings (SSSR count). The number of rotatable bonds is 6. The Balaban J connectivity index is 1.97. The Labute approximate surface area is 87.0 Å². The molecular formula is C12H22O2. The normalized spacial score (nSPS) is 22.1. The summed E-state index contributed by atoms with van der Waals surface area (Å²) in [6, 6.07) is 0. The molecule has 14 heavy (non-hydrogen) atoms. The fourth-order valence-corrected chi connectivity index (χ4v) is 1.96. The summed E-state index contributed by atoms with van der Waals surface area (Å²) in [4.78, 5) is 11.0. The minimum absolute atomic E-state index is 0.00908. The van der Waals surface area contributed by atoms with Crippen molar-refractivity contribution in [2.75, 3.05) is 0 Å². The van der Waals surface area contributed by atoms with Crippen LogP contribution in [0.15, 0.2) is 0 Å². The van der Waals surface area contributed by atoms with Crippen LogP contribution in [0.1, 0.15) is 64.7 Å². The van der Waals surface area contributed by atoms with Crippen molar-refractivity contribution in [3.63, 3.8) is 0 Å². The predicted octanol–water partition coefficient (Wildman–Crippen LogP) is 3.44. The Hall–Kier alpha value is -0.530. The number of hydrogen-bond acceptors (Lipinski definition) is 2. The van der Waals surface area contributed by atoms with Gasteiger partial charge in [0.1, 0.15) is 6.10 Å². The highest BCUT2D eigenvalue weighted by molar-refractivity contribution is 5.70. The summed E-state index contributed by atoms with van der Waals surface area (Å²) in [6.45, 7) is 2.23. The first-order valence-corrected chi connectivity index (χ1v) is 6.02. The molecule has 1 heterocycles.